The second kappa shape index (κ2) is 8.81. The van der Waals surface area contributed by atoms with Crippen molar-refractivity contribution in [2.75, 3.05) is 0 Å². The Balaban J connectivity index is 1.47. The molecule has 0 amide bonds. The van der Waals surface area contributed by atoms with Crippen molar-refractivity contribution >= 4 is 0 Å². The summed E-state index contributed by atoms with van der Waals surface area (Å²) in [6.45, 7) is 17.6. The van der Waals surface area contributed by atoms with Gasteiger partial charge >= 0.3 is 0 Å². The van der Waals surface area contributed by atoms with Crippen LogP contribution in [-0.4, -0.2) is 11.2 Å². The van der Waals surface area contributed by atoms with Gasteiger partial charge in [0.15, 0.2) is 0 Å². The third-order valence-corrected chi connectivity index (χ3v) is 11.5. The van der Waals surface area contributed by atoms with E-state index in [1.165, 1.54) is 51.4 Å². The Kier molecular flexibility index (Phi) is 6.78. The predicted molar refractivity (Wildman–Crippen MR) is 133 cm³/mol. The minimum atomic E-state index is -0.0815. The molecule has 31 heavy (non-hydrogen) atoms. The van der Waals surface area contributed by atoms with Crippen molar-refractivity contribution in [2.24, 2.45) is 58.2 Å². The zero-order chi connectivity index (χ0) is 22.6. The van der Waals surface area contributed by atoms with Crippen LogP contribution in [0, 0.1) is 58.2 Å². The highest BCUT2D eigenvalue weighted by Gasteiger charge is 2.59. The molecule has 4 aliphatic rings. The SMILES string of the molecule is CC(C)C(CC[C@@H](C)[C@H]1CC[C@H]2[C@@H]3CC=C4CC(O)CC[C@]4(C)[C@H]3CC[C@]12C)C(C)C. The number of fused-ring (bicyclic) bond motifs is 5. The van der Waals surface area contributed by atoms with Gasteiger partial charge in [-0.25, -0.2) is 0 Å². The van der Waals surface area contributed by atoms with Crippen LogP contribution in [0.15, 0.2) is 11.6 Å². The van der Waals surface area contributed by atoms with E-state index in [2.05, 4.69) is 54.5 Å². The van der Waals surface area contributed by atoms with Gasteiger partial charge in [-0.15, -0.1) is 0 Å². The monoisotopic (exact) mass is 428 g/mol. The summed E-state index contributed by atoms with van der Waals surface area (Å²) in [5.74, 6) is 7.03. The van der Waals surface area contributed by atoms with Crippen molar-refractivity contribution in [3.63, 3.8) is 0 Å². The van der Waals surface area contributed by atoms with Crippen LogP contribution in [0.25, 0.3) is 0 Å². The van der Waals surface area contributed by atoms with Gasteiger partial charge in [0.1, 0.15) is 0 Å². The molecule has 1 N–H and O–H groups in total. The zero-order valence-electron chi connectivity index (χ0n) is 21.8. The number of hydrogen-bond donors (Lipinski definition) is 1. The maximum Gasteiger partial charge on any atom is 0.0577 e. The minimum absolute atomic E-state index is 0.0815. The van der Waals surface area contributed by atoms with Crippen molar-refractivity contribution in [2.45, 2.75) is 119 Å². The molecule has 3 fully saturated rings. The van der Waals surface area contributed by atoms with E-state index < -0.39 is 0 Å². The topological polar surface area (TPSA) is 20.2 Å². The Hall–Kier alpha value is -0.300. The van der Waals surface area contributed by atoms with Gasteiger partial charge in [-0.1, -0.05) is 66.5 Å². The molecule has 1 nitrogen and oxygen atoms in total. The Morgan fingerprint density at radius 1 is 0.903 bits per heavy atom. The summed E-state index contributed by atoms with van der Waals surface area (Å²) < 4.78 is 0. The third kappa shape index (κ3) is 4.08. The van der Waals surface area contributed by atoms with Crippen LogP contribution in [0.1, 0.15) is 113 Å². The summed E-state index contributed by atoms with van der Waals surface area (Å²) in [5, 5.41) is 10.3. The molecule has 0 spiro atoms. The molecule has 3 saturated carbocycles. The lowest BCUT2D eigenvalue weighted by atomic mass is 9.47. The van der Waals surface area contributed by atoms with E-state index in [9.17, 15) is 5.11 Å². The number of rotatable bonds is 6. The maximum atomic E-state index is 10.3. The molecular formula is C30H52O. The zero-order valence-corrected chi connectivity index (χ0v) is 21.8. The van der Waals surface area contributed by atoms with Gasteiger partial charge in [0.2, 0.25) is 0 Å². The van der Waals surface area contributed by atoms with E-state index in [1.54, 1.807) is 5.57 Å². The number of hydrogen-bond acceptors (Lipinski definition) is 1. The molecule has 0 aromatic rings. The van der Waals surface area contributed by atoms with Crippen LogP contribution in [-0.2, 0) is 0 Å². The first kappa shape index (κ1) is 23.8. The van der Waals surface area contributed by atoms with Gasteiger partial charge < -0.3 is 5.11 Å². The molecular weight excluding hydrogens is 376 g/mol. The van der Waals surface area contributed by atoms with Crippen LogP contribution in [0.2, 0.25) is 0 Å². The first-order chi connectivity index (χ1) is 14.6. The quantitative estimate of drug-likeness (QED) is 0.422. The molecule has 4 rings (SSSR count). The van der Waals surface area contributed by atoms with E-state index in [0.717, 1.165) is 60.2 Å². The Labute approximate surface area is 193 Å². The van der Waals surface area contributed by atoms with Gasteiger partial charge in [-0.3, -0.25) is 0 Å². The lowest BCUT2D eigenvalue weighted by Gasteiger charge is -2.58. The largest absolute Gasteiger partial charge is 0.393 e. The molecule has 4 aliphatic carbocycles. The summed E-state index contributed by atoms with van der Waals surface area (Å²) >= 11 is 0. The molecule has 8 atom stereocenters. The van der Waals surface area contributed by atoms with E-state index >= 15 is 0 Å². The first-order valence-electron chi connectivity index (χ1n) is 14.0. The summed E-state index contributed by atoms with van der Waals surface area (Å²) in [6.07, 6.45) is 15.7. The molecule has 0 radical (unpaired) electrons. The molecule has 1 heteroatoms. The number of aliphatic hydroxyl groups excluding tert-OH is 1. The first-order valence-corrected chi connectivity index (χ1v) is 14.0. The van der Waals surface area contributed by atoms with E-state index in [0.29, 0.717) is 10.8 Å². The molecule has 0 bridgehead atoms. The average Bonchev–Trinajstić information content (AvgIpc) is 3.05. The number of allylic oxidation sites excluding steroid dienone is 1. The minimum Gasteiger partial charge on any atom is -0.393 e. The van der Waals surface area contributed by atoms with Crippen LogP contribution < -0.4 is 0 Å². The van der Waals surface area contributed by atoms with Crippen molar-refractivity contribution in [1.29, 1.82) is 0 Å². The van der Waals surface area contributed by atoms with Gasteiger partial charge in [-0.05, 0) is 116 Å². The standard InChI is InChI=1S/C30H52O/c1-19(2)24(20(3)4)10-8-21(5)26-12-13-27-25-11-9-22-18-23(31)14-16-29(22,6)28(25)15-17-30(26,27)7/h9,19-21,23-28,31H,8,10-18H2,1-7H3/t21-,23?,25+,26-,27+,28+,29+,30-/m1/s1. The fourth-order valence-corrected chi connectivity index (χ4v) is 9.71. The molecule has 1 unspecified atom stereocenters. The highest BCUT2D eigenvalue weighted by atomic mass is 16.3. The van der Waals surface area contributed by atoms with Crippen LogP contribution >= 0.6 is 0 Å². The molecule has 0 aromatic heterocycles. The Morgan fingerprint density at radius 2 is 1.61 bits per heavy atom. The van der Waals surface area contributed by atoms with Crippen LogP contribution in [0.4, 0.5) is 0 Å². The maximum absolute atomic E-state index is 10.3. The lowest BCUT2D eigenvalue weighted by molar-refractivity contribution is -0.0576. The summed E-state index contributed by atoms with van der Waals surface area (Å²) in [4.78, 5) is 0. The molecule has 178 valence electrons. The van der Waals surface area contributed by atoms with Crippen molar-refractivity contribution in [3.05, 3.63) is 11.6 Å². The lowest BCUT2D eigenvalue weighted by Crippen LogP contribution is -2.50. The molecule has 0 saturated heterocycles. The highest BCUT2D eigenvalue weighted by molar-refractivity contribution is 5.25. The fourth-order valence-electron chi connectivity index (χ4n) is 9.71. The second-order valence-corrected chi connectivity index (χ2v) is 13.6. The van der Waals surface area contributed by atoms with Crippen molar-refractivity contribution in [3.8, 4) is 0 Å². The van der Waals surface area contributed by atoms with Gasteiger partial charge in [-0.2, -0.15) is 0 Å². The van der Waals surface area contributed by atoms with Crippen LogP contribution in [0.5, 0.6) is 0 Å². The molecule has 0 aromatic carbocycles. The van der Waals surface area contributed by atoms with Gasteiger partial charge in [0.05, 0.1) is 6.10 Å². The van der Waals surface area contributed by atoms with Crippen LogP contribution in [0.3, 0.4) is 0 Å². The fraction of sp³-hybridized carbons (Fsp3) is 0.933. The highest BCUT2D eigenvalue weighted by Crippen LogP contribution is 2.67. The molecule has 0 aliphatic heterocycles. The number of aliphatic hydroxyl groups is 1. The van der Waals surface area contributed by atoms with Crippen molar-refractivity contribution in [1.82, 2.24) is 0 Å². The average molecular weight is 429 g/mol. The van der Waals surface area contributed by atoms with E-state index in [1.807, 2.05) is 0 Å². The van der Waals surface area contributed by atoms with E-state index in [4.69, 9.17) is 0 Å². The Morgan fingerprint density at radius 3 is 2.29 bits per heavy atom. The third-order valence-electron chi connectivity index (χ3n) is 11.5. The summed E-state index contributed by atoms with van der Waals surface area (Å²) in [7, 11) is 0. The van der Waals surface area contributed by atoms with Gasteiger partial charge in [0.25, 0.3) is 0 Å². The Bertz CT molecular complexity index is 653. The van der Waals surface area contributed by atoms with Gasteiger partial charge in [0, 0.05) is 0 Å². The van der Waals surface area contributed by atoms with E-state index in [-0.39, 0.29) is 6.10 Å². The summed E-state index contributed by atoms with van der Waals surface area (Å²) in [6, 6.07) is 0. The normalized spacial score (nSPS) is 43.6. The predicted octanol–water partition coefficient (Wildman–Crippen LogP) is 8.27. The summed E-state index contributed by atoms with van der Waals surface area (Å²) in [5.41, 5.74) is 2.57. The second-order valence-electron chi connectivity index (χ2n) is 13.6. The molecule has 0 heterocycles. The smallest absolute Gasteiger partial charge is 0.0577 e. The van der Waals surface area contributed by atoms with Crippen molar-refractivity contribution < 1.29 is 5.11 Å².